The predicted molar refractivity (Wildman–Crippen MR) is 95.1 cm³/mol. The standard InChI is InChI=1S/C17H15BrClN3/c1-22-16(13-5-7-14(18)8-6-13)11-21-17(22)20-10-12-3-2-4-15(19)9-12/h2-9,11H,10H2,1H3,(H,20,21). The van der Waals surface area contributed by atoms with Crippen LogP contribution in [0.1, 0.15) is 5.56 Å². The Kier molecular flexibility index (Phi) is 4.50. The first-order valence-electron chi connectivity index (χ1n) is 6.89. The van der Waals surface area contributed by atoms with Crippen molar-refractivity contribution in [2.24, 2.45) is 7.05 Å². The van der Waals surface area contributed by atoms with Crippen molar-refractivity contribution < 1.29 is 0 Å². The molecule has 0 amide bonds. The number of anilines is 1. The molecule has 0 saturated heterocycles. The number of benzene rings is 2. The van der Waals surface area contributed by atoms with E-state index in [1.807, 2.05) is 54.2 Å². The first-order chi connectivity index (χ1) is 10.6. The number of aromatic nitrogens is 2. The van der Waals surface area contributed by atoms with E-state index in [0.29, 0.717) is 6.54 Å². The molecule has 0 fully saturated rings. The molecule has 0 saturated carbocycles. The lowest BCUT2D eigenvalue weighted by Gasteiger charge is -2.09. The monoisotopic (exact) mass is 375 g/mol. The lowest BCUT2D eigenvalue weighted by atomic mass is 10.2. The second-order valence-corrected chi connectivity index (χ2v) is 6.37. The second-order valence-electron chi connectivity index (χ2n) is 5.02. The summed E-state index contributed by atoms with van der Waals surface area (Å²) in [6.07, 6.45) is 1.88. The van der Waals surface area contributed by atoms with Crippen LogP contribution in [0.25, 0.3) is 11.3 Å². The minimum atomic E-state index is 0.686. The highest BCUT2D eigenvalue weighted by Crippen LogP contribution is 2.24. The number of hydrogen-bond acceptors (Lipinski definition) is 2. The fourth-order valence-electron chi connectivity index (χ4n) is 2.29. The molecule has 1 N–H and O–H groups in total. The van der Waals surface area contributed by atoms with Gasteiger partial charge in [-0.25, -0.2) is 4.98 Å². The molecule has 3 nitrogen and oxygen atoms in total. The van der Waals surface area contributed by atoms with Crippen LogP contribution >= 0.6 is 27.5 Å². The van der Waals surface area contributed by atoms with Gasteiger partial charge in [0.25, 0.3) is 0 Å². The van der Waals surface area contributed by atoms with Crippen LogP contribution in [0.3, 0.4) is 0 Å². The normalized spacial score (nSPS) is 10.7. The van der Waals surface area contributed by atoms with Crippen LogP contribution in [-0.4, -0.2) is 9.55 Å². The maximum absolute atomic E-state index is 6.00. The number of halogens is 2. The van der Waals surface area contributed by atoms with Crippen molar-refractivity contribution in [3.8, 4) is 11.3 Å². The highest BCUT2D eigenvalue weighted by molar-refractivity contribution is 9.10. The van der Waals surface area contributed by atoms with E-state index in [4.69, 9.17) is 11.6 Å². The van der Waals surface area contributed by atoms with Gasteiger partial charge in [-0.1, -0.05) is 51.8 Å². The molecule has 0 spiro atoms. The second kappa shape index (κ2) is 6.55. The number of imidazole rings is 1. The maximum Gasteiger partial charge on any atom is 0.203 e. The summed E-state index contributed by atoms with van der Waals surface area (Å²) in [5.74, 6) is 0.831. The highest BCUT2D eigenvalue weighted by Gasteiger charge is 2.08. The zero-order chi connectivity index (χ0) is 15.5. The summed E-state index contributed by atoms with van der Waals surface area (Å²) in [5, 5.41) is 4.09. The molecular weight excluding hydrogens is 362 g/mol. The molecule has 0 bridgehead atoms. The van der Waals surface area contributed by atoms with E-state index in [-0.39, 0.29) is 0 Å². The molecule has 0 atom stereocenters. The van der Waals surface area contributed by atoms with E-state index >= 15 is 0 Å². The number of nitrogens with one attached hydrogen (secondary N) is 1. The largest absolute Gasteiger partial charge is 0.352 e. The van der Waals surface area contributed by atoms with Gasteiger partial charge in [0, 0.05) is 23.1 Å². The molecule has 0 aliphatic heterocycles. The minimum absolute atomic E-state index is 0.686. The number of hydrogen-bond donors (Lipinski definition) is 1. The third-order valence-corrected chi connectivity index (χ3v) is 4.23. The summed E-state index contributed by atoms with van der Waals surface area (Å²) in [4.78, 5) is 4.46. The van der Waals surface area contributed by atoms with Gasteiger partial charge in [-0.05, 0) is 35.4 Å². The summed E-state index contributed by atoms with van der Waals surface area (Å²) in [5.41, 5.74) is 3.33. The summed E-state index contributed by atoms with van der Waals surface area (Å²) in [6.45, 7) is 0.686. The Morgan fingerprint density at radius 2 is 1.95 bits per heavy atom. The zero-order valence-corrected chi connectivity index (χ0v) is 14.4. The molecule has 0 unspecified atom stereocenters. The van der Waals surface area contributed by atoms with E-state index < -0.39 is 0 Å². The summed E-state index contributed by atoms with van der Waals surface area (Å²) >= 11 is 9.46. The van der Waals surface area contributed by atoms with Crippen LogP contribution in [0.2, 0.25) is 5.02 Å². The fraction of sp³-hybridized carbons (Fsp3) is 0.118. The third-order valence-electron chi connectivity index (χ3n) is 3.47. The molecule has 3 rings (SSSR count). The molecule has 1 heterocycles. The molecule has 2 aromatic carbocycles. The van der Waals surface area contributed by atoms with Gasteiger partial charge in [-0.2, -0.15) is 0 Å². The van der Waals surface area contributed by atoms with Crippen LogP contribution in [0, 0.1) is 0 Å². The van der Waals surface area contributed by atoms with Gasteiger partial charge >= 0.3 is 0 Å². The molecule has 112 valence electrons. The summed E-state index contributed by atoms with van der Waals surface area (Å²) in [6, 6.07) is 16.0. The first kappa shape index (κ1) is 15.1. The molecule has 22 heavy (non-hydrogen) atoms. The van der Waals surface area contributed by atoms with Gasteiger partial charge in [0.15, 0.2) is 0 Å². The van der Waals surface area contributed by atoms with Crippen molar-refractivity contribution in [2.75, 3.05) is 5.32 Å². The Morgan fingerprint density at radius 1 is 1.18 bits per heavy atom. The summed E-state index contributed by atoms with van der Waals surface area (Å²) < 4.78 is 3.12. The Bertz CT molecular complexity index is 781. The van der Waals surface area contributed by atoms with E-state index in [2.05, 4.69) is 38.4 Å². The molecule has 0 aliphatic carbocycles. The number of nitrogens with zero attached hydrogens (tertiary/aromatic N) is 2. The van der Waals surface area contributed by atoms with Crippen molar-refractivity contribution >= 4 is 33.5 Å². The van der Waals surface area contributed by atoms with Crippen LogP contribution in [0.5, 0.6) is 0 Å². The Morgan fingerprint density at radius 3 is 2.68 bits per heavy atom. The Balaban J connectivity index is 1.77. The van der Waals surface area contributed by atoms with Gasteiger partial charge in [0.05, 0.1) is 11.9 Å². The van der Waals surface area contributed by atoms with Crippen molar-refractivity contribution in [2.45, 2.75) is 6.54 Å². The smallest absolute Gasteiger partial charge is 0.203 e. The third kappa shape index (κ3) is 3.34. The number of rotatable bonds is 4. The van der Waals surface area contributed by atoms with Gasteiger partial charge in [-0.15, -0.1) is 0 Å². The fourth-order valence-corrected chi connectivity index (χ4v) is 2.77. The lowest BCUT2D eigenvalue weighted by molar-refractivity contribution is 0.907. The molecule has 0 aliphatic rings. The quantitative estimate of drug-likeness (QED) is 0.685. The Hall–Kier alpha value is -1.78. The SMILES string of the molecule is Cn1c(-c2ccc(Br)cc2)cnc1NCc1cccc(Cl)c1. The topological polar surface area (TPSA) is 29.9 Å². The first-order valence-corrected chi connectivity index (χ1v) is 8.06. The average molecular weight is 377 g/mol. The van der Waals surface area contributed by atoms with Crippen molar-refractivity contribution in [1.82, 2.24) is 9.55 Å². The summed E-state index contributed by atoms with van der Waals surface area (Å²) in [7, 11) is 2.00. The van der Waals surface area contributed by atoms with Crippen LogP contribution in [0.4, 0.5) is 5.95 Å². The maximum atomic E-state index is 6.00. The molecule has 1 aromatic heterocycles. The minimum Gasteiger partial charge on any atom is -0.352 e. The van der Waals surface area contributed by atoms with Gasteiger partial charge in [0.1, 0.15) is 0 Å². The zero-order valence-electron chi connectivity index (χ0n) is 12.1. The van der Waals surface area contributed by atoms with Crippen LogP contribution in [0.15, 0.2) is 59.2 Å². The average Bonchev–Trinajstić information content (AvgIpc) is 2.87. The Labute approximate surface area is 143 Å². The van der Waals surface area contributed by atoms with E-state index in [1.54, 1.807) is 0 Å². The molecular formula is C17H15BrClN3. The van der Waals surface area contributed by atoms with Crippen LogP contribution < -0.4 is 5.32 Å². The molecule has 5 heteroatoms. The van der Waals surface area contributed by atoms with Crippen molar-refractivity contribution in [1.29, 1.82) is 0 Å². The van der Waals surface area contributed by atoms with Crippen molar-refractivity contribution in [3.63, 3.8) is 0 Å². The molecule has 3 aromatic rings. The van der Waals surface area contributed by atoms with Crippen LogP contribution in [-0.2, 0) is 13.6 Å². The van der Waals surface area contributed by atoms with E-state index in [0.717, 1.165) is 32.3 Å². The lowest BCUT2D eigenvalue weighted by Crippen LogP contribution is -2.05. The predicted octanol–water partition coefficient (Wildman–Crippen LogP) is 5.12. The van der Waals surface area contributed by atoms with Crippen molar-refractivity contribution in [3.05, 3.63) is 69.8 Å². The van der Waals surface area contributed by atoms with E-state index in [9.17, 15) is 0 Å². The van der Waals surface area contributed by atoms with Gasteiger partial charge in [0.2, 0.25) is 5.95 Å². The van der Waals surface area contributed by atoms with E-state index in [1.165, 1.54) is 0 Å². The van der Waals surface area contributed by atoms with Gasteiger partial charge < -0.3 is 9.88 Å². The molecule has 0 radical (unpaired) electrons. The van der Waals surface area contributed by atoms with Gasteiger partial charge in [-0.3, -0.25) is 0 Å². The highest BCUT2D eigenvalue weighted by atomic mass is 79.9.